The van der Waals surface area contributed by atoms with Gasteiger partial charge in [0.1, 0.15) is 0 Å². The second-order valence-corrected chi connectivity index (χ2v) is 5.89. The van der Waals surface area contributed by atoms with Crippen LogP contribution in [0, 0.1) is 10.1 Å². The maximum Gasteiger partial charge on any atom is 0.321 e. The summed E-state index contributed by atoms with van der Waals surface area (Å²) in [7, 11) is 3.18. The van der Waals surface area contributed by atoms with Gasteiger partial charge >= 0.3 is 11.7 Å². The van der Waals surface area contributed by atoms with Gasteiger partial charge in [-0.25, -0.2) is 4.79 Å². The largest absolute Gasteiger partial charge is 0.486 e. The quantitative estimate of drug-likeness (QED) is 0.637. The molecule has 1 unspecified atom stereocenters. The molecule has 2 aromatic carbocycles. The lowest BCUT2D eigenvalue weighted by Gasteiger charge is -2.15. The number of urea groups is 1. The fourth-order valence-corrected chi connectivity index (χ4v) is 2.19. The Labute approximate surface area is 146 Å². The van der Waals surface area contributed by atoms with Crippen LogP contribution in [0.25, 0.3) is 0 Å². The highest BCUT2D eigenvalue weighted by molar-refractivity contribution is 5.89. The Kier molecular flexibility index (Phi) is 5.94. The maximum atomic E-state index is 11.7. The maximum absolute atomic E-state index is 11.7. The standard InChI is InChI=1S/C18H21N3O4/c1-13(14-7-5-4-6-8-14)12-25-17-10-9-15(11-16(17)21(23)24)19-18(22)20(2)3/h4-11,13H,12H2,1-3H3,(H,19,22). The number of nitro benzene ring substituents is 1. The van der Waals surface area contributed by atoms with Gasteiger partial charge in [0.05, 0.1) is 11.5 Å². The number of benzene rings is 2. The summed E-state index contributed by atoms with van der Waals surface area (Å²) in [6.45, 7) is 2.31. The monoisotopic (exact) mass is 343 g/mol. The summed E-state index contributed by atoms with van der Waals surface area (Å²) in [5.41, 5.74) is 1.26. The molecule has 0 radical (unpaired) electrons. The van der Waals surface area contributed by atoms with E-state index in [-0.39, 0.29) is 23.4 Å². The van der Waals surface area contributed by atoms with Crippen molar-refractivity contribution in [1.82, 2.24) is 4.90 Å². The molecule has 132 valence electrons. The molecule has 2 amide bonds. The summed E-state index contributed by atoms with van der Waals surface area (Å²) < 4.78 is 5.66. The third-order valence-electron chi connectivity index (χ3n) is 3.67. The predicted molar refractivity (Wildman–Crippen MR) is 96.2 cm³/mol. The molecule has 0 aliphatic heterocycles. The van der Waals surface area contributed by atoms with Gasteiger partial charge in [-0.3, -0.25) is 10.1 Å². The van der Waals surface area contributed by atoms with Crippen molar-refractivity contribution in [1.29, 1.82) is 0 Å². The van der Waals surface area contributed by atoms with Gasteiger partial charge in [0.15, 0.2) is 5.75 Å². The van der Waals surface area contributed by atoms with Crippen LogP contribution in [0.5, 0.6) is 5.75 Å². The van der Waals surface area contributed by atoms with Crippen molar-refractivity contribution in [3.63, 3.8) is 0 Å². The van der Waals surface area contributed by atoms with E-state index in [4.69, 9.17) is 4.74 Å². The number of nitro groups is 1. The molecule has 0 saturated heterocycles. The van der Waals surface area contributed by atoms with Gasteiger partial charge in [-0.05, 0) is 17.7 Å². The summed E-state index contributed by atoms with van der Waals surface area (Å²) in [4.78, 5) is 23.8. The van der Waals surface area contributed by atoms with Crippen molar-refractivity contribution in [2.45, 2.75) is 12.8 Å². The molecule has 1 atom stereocenters. The van der Waals surface area contributed by atoms with E-state index in [1.54, 1.807) is 20.2 Å². The van der Waals surface area contributed by atoms with Crippen LogP contribution in [0.15, 0.2) is 48.5 Å². The van der Waals surface area contributed by atoms with Crippen LogP contribution in [-0.2, 0) is 0 Å². The van der Waals surface area contributed by atoms with Crippen molar-refractivity contribution in [2.24, 2.45) is 0 Å². The van der Waals surface area contributed by atoms with Crippen molar-refractivity contribution < 1.29 is 14.5 Å². The molecule has 0 aromatic heterocycles. The molecule has 0 heterocycles. The van der Waals surface area contributed by atoms with E-state index < -0.39 is 4.92 Å². The zero-order chi connectivity index (χ0) is 18.4. The van der Waals surface area contributed by atoms with E-state index in [0.717, 1.165) is 5.56 Å². The molecule has 2 aromatic rings. The lowest BCUT2D eigenvalue weighted by Crippen LogP contribution is -2.27. The first kappa shape index (κ1) is 18.3. The fraction of sp³-hybridized carbons (Fsp3) is 0.278. The Morgan fingerprint density at radius 3 is 2.52 bits per heavy atom. The minimum absolute atomic E-state index is 0.0916. The Balaban J connectivity index is 2.12. The zero-order valence-electron chi connectivity index (χ0n) is 14.4. The van der Waals surface area contributed by atoms with E-state index in [0.29, 0.717) is 12.3 Å². The van der Waals surface area contributed by atoms with Crippen molar-refractivity contribution in [3.8, 4) is 5.75 Å². The molecule has 7 heteroatoms. The van der Waals surface area contributed by atoms with Gasteiger partial charge in [-0.1, -0.05) is 37.3 Å². The highest BCUT2D eigenvalue weighted by atomic mass is 16.6. The first-order valence-electron chi connectivity index (χ1n) is 7.83. The van der Waals surface area contributed by atoms with Crippen LogP contribution >= 0.6 is 0 Å². The van der Waals surface area contributed by atoms with Crippen LogP contribution < -0.4 is 10.1 Å². The Bertz CT molecular complexity index is 747. The molecule has 0 bridgehead atoms. The number of ether oxygens (including phenoxy) is 1. The van der Waals surface area contributed by atoms with Crippen LogP contribution in [0.4, 0.5) is 16.2 Å². The number of amides is 2. The number of carbonyl (C=O) groups excluding carboxylic acids is 1. The number of hydrogen-bond donors (Lipinski definition) is 1. The summed E-state index contributed by atoms with van der Waals surface area (Å²) in [6, 6.07) is 13.8. The fourth-order valence-electron chi connectivity index (χ4n) is 2.19. The molecule has 1 N–H and O–H groups in total. The van der Waals surface area contributed by atoms with E-state index in [2.05, 4.69) is 5.32 Å². The van der Waals surface area contributed by atoms with Gasteiger partial charge in [0, 0.05) is 31.8 Å². The summed E-state index contributed by atoms with van der Waals surface area (Å²) >= 11 is 0. The average Bonchev–Trinajstić information content (AvgIpc) is 2.60. The van der Waals surface area contributed by atoms with E-state index >= 15 is 0 Å². The Morgan fingerprint density at radius 1 is 1.24 bits per heavy atom. The molecule has 25 heavy (non-hydrogen) atoms. The summed E-state index contributed by atoms with van der Waals surface area (Å²) in [6.07, 6.45) is 0. The zero-order valence-corrected chi connectivity index (χ0v) is 14.4. The van der Waals surface area contributed by atoms with Crippen LogP contribution in [0.3, 0.4) is 0 Å². The molecule has 0 saturated carbocycles. The third kappa shape index (κ3) is 4.94. The number of hydrogen-bond acceptors (Lipinski definition) is 4. The molecule has 2 rings (SSSR count). The van der Waals surface area contributed by atoms with Crippen molar-refractivity contribution >= 4 is 17.4 Å². The number of rotatable bonds is 6. The van der Waals surface area contributed by atoms with Crippen molar-refractivity contribution in [3.05, 3.63) is 64.2 Å². The van der Waals surface area contributed by atoms with Gasteiger partial charge in [0.2, 0.25) is 0 Å². The van der Waals surface area contributed by atoms with E-state index in [1.807, 2.05) is 37.3 Å². The summed E-state index contributed by atoms with van der Waals surface area (Å²) in [5, 5.41) is 13.9. The highest BCUT2D eigenvalue weighted by Crippen LogP contribution is 2.31. The number of nitrogens with one attached hydrogen (secondary N) is 1. The lowest BCUT2D eigenvalue weighted by atomic mass is 10.0. The van der Waals surface area contributed by atoms with Crippen LogP contribution in [0.2, 0.25) is 0 Å². The molecular formula is C18H21N3O4. The van der Waals surface area contributed by atoms with Gasteiger partial charge in [0.25, 0.3) is 0 Å². The molecular weight excluding hydrogens is 322 g/mol. The number of carbonyl (C=O) groups is 1. The smallest absolute Gasteiger partial charge is 0.321 e. The van der Waals surface area contributed by atoms with E-state index in [9.17, 15) is 14.9 Å². The van der Waals surface area contributed by atoms with E-state index in [1.165, 1.54) is 17.0 Å². The predicted octanol–water partition coefficient (Wildman–Crippen LogP) is 3.87. The minimum Gasteiger partial charge on any atom is -0.486 e. The Morgan fingerprint density at radius 2 is 1.92 bits per heavy atom. The molecule has 0 aliphatic rings. The first-order valence-corrected chi connectivity index (χ1v) is 7.83. The minimum atomic E-state index is -0.520. The van der Waals surface area contributed by atoms with Crippen LogP contribution in [0.1, 0.15) is 18.4 Å². The van der Waals surface area contributed by atoms with Crippen molar-refractivity contribution in [2.75, 3.05) is 26.0 Å². The summed E-state index contributed by atoms with van der Waals surface area (Å²) in [5.74, 6) is 0.268. The third-order valence-corrected chi connectivity index (χ3v) is 3.67. The normalized spacial score (nSPS) is 11.5. The molecule has 0 spiro atoms. The topological polar surface area (TPSA) is 84.7 Å². The second-order valence-electron chi connectivity index (χ2n) is 5.89. The Hall–Kier alpha value is -3.09. The highest BCUT2D eigenvalue weighted by Gasteiger charge is 2.18. The SMILES string of the molecule is CC(COc1ccc(NC(=O)N(C)C)cc1[N+](=O)[O-])c1ccccc1. The van der Waals surface area contributed by atoms with Gasteiger partial charge in [-0.2, -0.15) is 0 Å². The molecule has 0 aliphatic carbocycles. The van der Waals surface area contributed by atoms with Crippen LogP contribution in [-0.4, -0.2) is 36.6 Å². The van der Waals surface area contributed by atoms with Gasteiger partial charge in [-0.15, -0.1) is 0 Å². The number of anilines is 1. The second kappa shape index (κ2) is 8.14. The lowest BCUT2D eigenvalue weighted by molar-refractivity contribution is -0.385. The van der Waals surface area contributed by atoms with Gasteiger partial charge < -0.3 is 15.0 Å². The molecule has 7 nitrogen and oxygen atoms in total. The first-order chi connectivity index (χ1) is 11.9. The molecule has 0 fully saturated rings. The average molecular weight is 343 g/mol. The number of nitrogens with zero attached hydrogens (tertiary/aromatic N) is 2.